The molecule has 4 aromatic rings. The van der Waals surface area contributed by atoms with Gasteiger partial charge in [-0.2, -0.15) is 0 Å². The number of sulfonamides is 1. The number of rotatable bonds is 5. The van der Waals surface area contributed by atoms with Crippen LogP contribution in [0.1, 0.15) is 5.56 Å². The summed E-state index contributed by atoms with van der Waals surface area (Å²) < 4.78 is 28.0. The van der Waals surface area contributed by atoms with Gasteiger partial charge < -0.3 is 0 Å². The molecule has 0 unspecified atom stereocenters. The number of nitrogens with one attached hydrogen (secondary N) is 1. The summed E-state index contributed by atoms with van der Waals surface area (Å²) >= 11 is 20.5. The molecular weight excluding hydrogens is 493 g/mol. The molecule has 4 rings (SSSR count). The van der Waals surface area contributed by atoms with Crippen LogP contribution in [-0.4, -0.2) is 8.42 Å². The van der Waals surface area contributed by atoms with Crippen molar-refractivity contribution in [2.75, 3.05) is 4.72 Å². The van der Waals surface area contributed by atoms with Crippen molar-refractivity contribution >= 4 is 73.0 Å². The Balaban J connectivity index is 1.62. The van der Waals surface area contributed by atoms with E-state index in [1.807, 2.05) is 43.3 Å². The molecule has 8 heteroatoms. The molecule has 0 radical (unpaired) electrons. The van der Waals surface area contributed by atoms with Gasteiger partial charge in [0.05, 0.1) is 20.8 Å². The second-order valence-electron chi connectivity index (χ2n) is 6.92. The highest BCUT2D eigenvalue weighted by molar-refractivity contribution is 7.99. The molecule has 0 bridgehead atoms. The van der Waals surface area contributed by atoms with E-state index in [0.29, 0.717) is 14.9 Å². The maximum Gasteiger partial charge on any atom is 0.263 e. The quantitative estimate of drug-likeness (QED) is 0.296. The Labute approximate surface area is 200 Å². The molecule has 0 fully saturated rings. The van der Waals surface area contributed by atoms with E-state index in [2.05, 4.69) is 10.8 Å². The van der Waals surface area contributed by atoms with Crippen molar-refractivity contribution in [2.24, 2.45) is 0 Å². The van der Waals surface area contributed by atoms with E-state index in [-0.39, 0.29) is 15.6 Å². The van der Waals surface area contributed by atoms with Crippen LogP contribution in [0.4, 0.5) is 5.69 Å². The zero-order valence-electron chi connectivity index (χ0n) is 16.2. The molecule has 0 spiro atoms. The molecule has 0 atom stereocenters. The van der Waals surface area contributed by atoms with Crippen molar-refractivity contribution < 1.29 is 8.42 Å². The summed E-state index contributed by atoms with van der Waals surface area (Å²) in [6.07, 6.45) is 0. The second-order valence-corrected chi connectivity index (χ2v) is 10.9. The van der Waals surface area contributed by atoms with Gasteiger partial charge in [0.25, 0.3) is 10.0 Å². The van der Waals surface area contributed by atoms with E-state index >= 15 is 0 Å². The first-order valence-electron chi connectivity index (χ1n) is 9.17. The number of benzene rings is 4. The van der Waals surface area contributed by atoms with Gasteiger partial charge in [0.1, 0.15) is 4.90 Å². The average molecular weight is 509 g/mol. The van der Waals surface area contributed by atoms with Gasteiger partial charge in [-0.3, -0.25) is 4.72 Å². The van der Waals surface area contributed by atoms with Crippen molar-refractivity contribution in [1.29, 1.82) is 0 Å². The Bertz CT molecular complexity index is 1380. The lowest BCUT2D eigenvalue weighted by Gasteiger charge is -2.13. The smallest absolute Gasteiger partial charge is 0.263 e. The van der Waals surface area contributed by atoms with Crippen LogP contribution >= 0.6 is 46.6 Å². The summed E-state index contributed by atoms with van der Waals surface area (Å²) in [7, 11) is -3.90. The molecule has 31 heavy (non-hydrogen) atoms. The molecule has 0 aliphatic carbocycles. The third-order valence-corrected chi connectivity index (χ3v) is 8.39. The van der Waals surface area contributed by atoms with Gasteiger partial charge in [0, 0.05) is 9.79 Å². The summed E-state index contributed by atoms with van der Waals surface area (Å²) in [5.41, 5.74) is 1.12. The van der Waals surface area contributed by atoms with Crippen LogP contribution in [-0.2, 0) is 10.0 Å². The summed E-state index contributed by atoms with van der Waals surface area (Å²) in [5, 5.41) is 3.09. The molecular formula is C23H16Cl3NO2S2. The minimum absolute atomic E-state index is 0.0124. The SMILES string of the molecule is Cc1ccc(S(=O)(=O)Nc2cc(Cl)c(Sc3ccc4ccccc4c3)c(Cl)c2)c(Cl)c1. The summed E-state index contributed by atoms with van der Waals surface area (Å²) in [6, 6.07) is 22.0. The highest BCUT2D eigenvalue weighted by Crippen LogP contribution is 2.41. The molecule has 158 valence electrons. The Hall–Kier alpha value is -1.89. The van der Waals surface area contributed by atoms with Crippen molar-refractivity contribution in [1.82, 2.24) is 0 Å². The highest BCUT2D eigenvalue weighted by Gasteiger charge is 2.20. The predicted octanol–water partition coefficient (Wildman–Crippen LogP) is 8.06. The van der Waals surface area contributed by atoms with Crippen molar-refractivity contribution in [3.05, 3.63) is 93.4 Å². The first-order valence-corrected chi connectivity index (χ1v) is 12.6. The Morgan fingerprint density at radius 1 is 0.774 bits per heavy atom. The van der Waals surface area contributed by atoms with E-state index in [0.717, 1.165) is 21.2 Å². The van der Waals surface area contributed by atoms with Crippen molar-refractivity contribution in [3.8, 4) is 0 Å². The molecule has 0 aliphatic heterocycles. The lowest BCUT2D eigenvalue weighted by molar-refractivity contribution is 0.601. The normalized spacial score (nSPS) is 11.6. The van der Waals surface area contributed by atoms with Crippen LogP contribution in [0.25, 0.3) is 10.8 Å². The third-order valence-electron chi connectivity index (χ3n) is 4.57. The minimum atomic E-state index is -3.90. The van der Waals surface area contributed by atoms with Crippen LogP contribution in [0.3, 0.4) is 0 Å². The fourth-order valence-corrected chi connectivity index (χ4v) is 6.33. The first-order chi connectivity index (χ1) is 14.7. The lowest BCUT2D eigenvalue weighted by atomic mass is 10.1. The number of hydrogen-bond donors (Lipinski definition) is 1. The van der Waals surface area contributed by atoms with Crippen molar-refractivity contribution in [3.63, 3.8) is 0 Å². The molecule has 4 aromatic carbocycles. The summed E-state index contributed by atoms with van der Waals surface area (Å²) in [5.74, 6) is 0. The fourth-order valence-electron chi connectivity index (χ4n) is 3.10. The van der Waals surface area contributed by atoms with Crippen LogP contribution in [0.5, 0.6) is 0 Å². The first kappa shape index (κ1) is 22.3. The highest BCUT2D eigenvalue weighted by atomic mass is 35.5. The molecule has 0 heterocycles. The lowest BCUT2D eigenvalue weighted by Crippen LogP contribution is -2.13. The summed E-state index contributed by atoms with van der Waals surface area (Å²) in [6.45, 7) is 1.83. The van der Waals surface area contributed by atoms with Gasteiger partial charge in [-0.05, 0) is 59.7 Å². The topological polar surface area (TPSA) is 46.2 Å². The minimum Gasteiger partial charge on any atom is -0.279 e. The zero-order valence-corrected chi connectivity index (χ0v) is 20.1. The van der Waals surface area contributed by atoms with Crippen molar-refractivity contribution in [2.45, 2.75) is 21.6 Å². The predicted molar refractivity (Wildman–Crippen MR) is 132 cm³/mol. The van der Waals surface area contributed by atoms with E-state index in [4.69, 9.17) is 34.8 Å². The van der Waals surface area contributed by atoms with Gasteiger partial charge in [0.15, 0.2) is 0 Å². The van der Waals surface area contributed by atoms with E-state index < -0.39 is 10.0 Å². The third kappa shape index (κ3) is 4.97. The fraction of sp³-hybridized carbons (Fsp3) is 0.0435. The zero-order chi connectivity index (χ0) is 22.2. The van der Waals surface area contributed by atoms with Crippen LogP contribution in [0.2, 0.25) is 15.1 Å². The average Bonchev–Trinajstić information content (AvgIpc) is 2.70. The maximum absolute atomic E-state index is 12.8. The molecule has 0 aliphatic rings. The second kappa shape index (κ2) is 8.93. The molecule has 0 amide bonds. The summed E-state index contributed by atoms with van der Waals surface area (Å²) in [4.78, 5) is 1.61. The Kier molecular flexibility index (Phi) is 6.42. The maximum atomic E-state index is 12.8. The largest absolute Gasteiger partial charge is 0.279 e. The van der Waals surface area contributed by atoms with Crippen LogP contribution < -0.4 is 4.72 Å². The number of halogens is 3. The molecule has 0 saturated carbocycles. The number of hydrogen-bond acceptors (Lipinski definition) is 3. The Morgan fingerprint density at radius 3 is 2.13 bits per heavy atom. The van der Waals surface area contributed by atoms with E-state index in [1.165, 1.54) is 30.0 Å². The molecule has 1 N–H and O–H groups in total. The molecule has 0 saturated heterocycles. The van der Waals surface area contributed by atoms with E-state index in [1.54, 1.807) is 12.1 Å². The number of fused-ring (bicyclic) bond motifs is 1. The van der Waals surface area contributed by atoms with Gasteiger partial charge in [-0.1, -0.05) is 83.0 Å². The van der Waals surface area contributed by atoms with Gasteiger partial charge in [0.2, 0.25) is 0 Å². The monoisotopic (exact) mass is 507 g/mol. The van der Waals surface area contributed by atoms with Crippen LogP contribution in [0, 0.1) is 6.92 Å². The van der Waals surface area contributed by atoms with Gasteiger partial charge >= 0.3 is 0 Å². The molecule has 3 nitrogen and oxygen atoms in total. The molecule has 0 aromatic heterocycles. The van der Waals surface area contributed by atoms with Crippen LogP contribution in [0.15, 0.2) is 87.5 Å². The van der Waals surface area contributed by atoms with Gasteiger partial charge in [-0.15, -0.1) is 0 Å². The number of aryl methyl sites for hydroxylation is 1. The number of anilines is 1. The van der Waals surface area contributed by atoms with Gasteiger partial charge in [-0.25, -0.2) is 8.42 Å². The Morgan fingerprint density at radius 2 is 1.45 bits per heavy atom. The standard InChI is InChI=1S/C23H16Cl3NO2S2/c1-14-6-9-22(19(24)10-14)31(28,29)27-17-12-20(25)23(21(26)13-17)30-18-8-7-15-4-2-3-5-16(15)11-18/h2-13,27H,1H3. The van der Waals surface area contributed by atoms with E-state index in [9.17, 15) is 8.42 Å².